The smallest absolute Gasteiger partial charge is 0.269 e. The van der Waals surface area contributed by atoms with E-state index in [0.29, 0.717) is 22.7 Å². The van der Waals surface area contributed by atoms with Crippen LogP contribution in [0.15, 0.2) is 35.5 Å². The zero-order valence-corrected chi connectivity index (χ0v) is 17.3. The van der Waals surface area contributed by atoms with Crippen molar-refractivity contribution in [1.82, 2.24) is 24.4 Å². The van der Waals surface area contributed by atoms with Gasteiger partial charge in [-0.2, -0.15) is 5.10 Å². The van der Waals surface area contributed by atoms with E-state index < -0.39 is 29.3 Å². The number of nitrogens with one attached hydrogen (secondary N) is 2. The average molecular weight is 431 g/mol. The molecule has 0 aliphatic heterocycles. The summed E-state index contributed by atoms with van der Waals surface area (Å²) in [6.07, 6.45) is 3.00. The highest BCUT2D eigenvalue weighted by Crippen LogP contribution is 2.51. The first kappa shape index (κ1) is 20.9. The van der Waals surface area contributed by atoms with Crippen LogP contribution in [-0.4, -0.2) is 42.3 Å². The Bertz CT molecular complexity index is 1190. The van der Waals surface area contributed by atoms with Crippen LogP contribution >= 0.6 is 0 Å². The van der Waals surface area contributed by atoms with Gasteiger partial charge >= 0.3 is 0 Å². The maximum absolute atomic E-state index is 13.4. The van der Waals surface area contributed by atoms with Crippen LogP contribution in [0.4, 0.5) is 20.2 Å². The van der Waals surface area contributed by atoms with E-state index in [0.717, 1.165) is 4.68 Å². The number of aromatic nitrogens is 5. The molecule has 1 aliphatic rings. The fourth-order valence-corrected chi connectivity index (χ4v) is 3.52. The summed E-state index contributed by atoms with van der Waals surface area (Å²) in [4.78, 5) is 25.0. The van der Waals surface area contributed by atoms with Crippen molar-refractivity contribution in [3.8, 4) is 0 Å². The van der Waals surface area contributed by atoms with E-state index in [-0.39, 0.29) is 18.9 Å². The van der Waals surface area contributed by atoms with E-state index in [1.54, 1.807) is 29.7 Å². The van der Waals surface area contributed by atoms with Gasteiger partial charge in [-0.15, -0.1) is 10.2 Å². The molecule has 0 bridgehead atoms. The van der Waals surface area contributed by atoms with Crippen molar-refractivity contribution in [3.05, 3.63) is 46.8 Å². The molecule has 3 aromatic rings. The number of rotatable bonds is 7. The number of hydrogen-bond acceptors (Lipinski definition) is 6. The van der Waals surface area contributed by atoms with Crippen LogP contribution in [-0.2, 0) is 11.3 Å². The van der Waals surface area contributed by atoms with E-state index in [4.69, 9.17) is 0 Å². The quantitative estimate of drug-likeness (QED) is 0.595. The van der Waals surface area contributed by atoms with Crippen molar-refractivity contribution >= 4 is 22.9 Å². The van der Waals surface area contributed by atoms with Gasteiger partial charge in [0.05, 0.1) is 17.1 Å². The molecule has 2 unspecified atom stereocenters. The molecule has 1 amide bonds. The summed E-state index contributed by atoms with van der Waals surface area (Å²) in [5.41, 5.74) is 1.62. The zero-order chi connectivity index (χ0) is 22.3. The number of anilines is 2. The van der Waals surface area contributed by atoms with Crippen LogP contribution in [0.25, 0.3) is 5.65 Å². The Morgan fingerprint density at radius 2 is 2.06 bits per heavy atom. The summed E-state index contributed by atoms with van der Waals surface area (Å²) in [5.74, 6) is -3.94. The number of carbonyl (C=O) groups is 1. The van der Waals surface area contributed by atoms with Crippen molar-refractivity contribution in [2.75, 3.05) is 10.6 Å². The molecule has 0 aromatic carbocycles. The van der Waals surface area contributed by atoms with Crippen LogP contribution in [0, 0.1) is 5.92 Å². The third-order valence-corrected chi connectivity index (χ3v) is 5.30. The Balaban J connectivity index is 1.50. The molecule has 31 heavy (non-hydrogen) atoms. The molecule has 0 radical (unpaired) electrons. The number of hydrogen-bond donors (Lipinski definition) is 2. The maximum Gasteiger partial charge on any atom is 0.269 e. The number of alkyl halides is 2. The second kappa shape index (κ2) is 7.71. The number of nitrogens with zero attached hydrogens (tertiary/aromatic N) is 5. The van der Waals surface area contributed by atoms with Crippen molar-refractivity contribution in [2.45, 2.75) is 51.6 Å². The molecule has 1 aliphatic carbocycles. The van der Waals surface area contributed by atoms with Gasteiger partial charge in [0, 0.05) is 30.6 Å². The minimum Gasteiger partial charge on any atom is -0.380 e. The van der Waals surface area contributed by atoms with Gasteiger partial charge in [-0.1, -0.05) is 13.8 Å². The molecule has 3 heterocycles. The monoisotopic (exact) mass is 431 g/mol. The minimum absolute atomic E-state index is 0.0829. The zero-order valence-electron chi connectivity index (χ0n) is 17.3. The van der Waals surface area contributed by atoms with E-state index in [1.807, 2.05) is 13.8 Å². The number of halogens is 2. The second-order valence-electron chi connectivity index (χ2n) is 8.16. The average Bonchev–Trinajstić information content (AvgIpc) is 3.10. The first-order valence-corrected chi connectivity index (χ1v) is 9.99. The molecule has 164 valence electrons. The van der Waals surface area contributed by atoms with E-state index >= 15 is 0 Å². The molecule has 1 fully saturated rings. The highest BCUT2D eigenvalue weighted by Gasteiger charge is 2.59. The summed E-state index contributed by atoms with van der Waals surface area (Å²) < 4.78 is 29.5. The first-order valence-electron chi connectivity index (χ1n) is 9.99. The van der Waals surface area contributed by atoms with Crippen LogP contribution < -0.4 is 16.2 Å². The first-order chi connectivity index (χ1) is 14.6. The number of pyridine rings is 1. The van der Waals surface area contributed by atoms with E-state index in [9.17, 15) is 18.4 Å². The highest BCUT2D eigenvalue weighted by atomic mass is 19.3. The molecule has 2 atom stereocenters. The lowest BCUT2D eigenvalue weighted by molar-refractivity contribution is -0.117. The van der Waals surface area contributed by atoms with Gasteiger partial charge in [0.1, 0.15) is 12.9 Å². The van der Waals surface area contributed by atoms with E-state index in [2.05, 4.69) is 25.9 Å². The maximum atomic E-state index is 13.4. The summed E-state index contributed by atoms with van der Waals surface area (Å²) in [5, 5.41) is 17.7. The number of carbonyl (C=O) groups excluding carboxylic acids is 1. The molecule has 4 rings (SSSR count). The topological polar surface area (TPSA) is 106 Å². The number of fused-ring (bicyclic) bond motifs is 1. The molecule has 0 spiro atoms. The SMILES string of the molecule is CC(C)c1nn(CC(=O)Nc2ccc3nncn3c2)c(=O)cc1NC(C)C1CC1(F)F. The van der Waals surface area contributed by atoms with Crippen molar-refractivity contribution in [1.29, 1.82) is 0 Å². The highest BCUT2D eigenvalue weighted by molar-refractivity contribution is 5.90. The molecule has 11 heteroatoms. The van der Waals surface area contributed by atoms with Gasteiger partial charge in [0.2, 0.25) is 5.91 Å². The van der Waals surface area contributed by atoms with Crippen molar-refractivity contribution < 1.29 is 13.6 Å². The van der Waals surface area contributed by atoms with Gasteiger partial charge in [0.25, 0.3) is 11.5 Å². The van der Waals surface area contributed by atoms with Gasteiger partial charge in [0.15, 0.2) is 5.65 Å². The van der Waals surface area contributed by atoms with E-state index in [1.165, 1.54) is 12.4 Å². The van der Waals surface area contributed by atoms with Crippen LogP contribution in [0.5, 0.6) is 0 Å². The van der Waals surface area contributed by atoms with Crippen LogP contribution in [0.2, 0.25) is 0 Å². The fourth-order valence-electron chi connectivity index (χ4n) is 3.52. The summed E-state index contributed by atoms with van der Waals surface area (Å²) in [6, 6.07) is 4.20. The van der Waals surface area contributed by atoms with Crippen LogP contribution in [0.1, 0.15) is 38.8 Å². The third kappa shape index (κ3) is 4.39. The predicted octanol–water partition coefficient (Wildman–Crippen LogP) is 2.50. The summed E-state index contributed by atoms with van der Waals surface area (Å²) in [7, 11) is 0. The van der Waals surface area contributed by atoms with Crippen molar-refractivity contribution in [2.24, 2.45) is 5.92 Å². The predicted molar refractivity (Wildman–Crippen MR) is 110 cm³/mol. The molecule has 1 saturated carbocycles. The molecule has 0 saturated heterocycles. The lowest BCUT2D eigenvalue weighted by Gasteiger charge is -2.19. The minimum atomic E-state index is -2.67. The van der Waals surface area contributed by atoms with Gasteiger partial charge in [-0.05, 0) is 25.0 Å². The third-order valence-electron chi connectivity index (χ3n) is 5.30. The Morgan fingerprint density at radius 3 is 2.74 bits per heavy atom. The molecule has 3 aromatic heterocycles. The standard InChI is InChI=1S/C20H23F2N7O2/c1-11(2)19-15(24-12(3)14-7-20(14,21)22)6-18(31)29(27-19)9-17(30)25-13-4-5-16-26-23-10-28(16)8-13/h4-6,8,10-12,14,24H,7,9H2,1-3H3,(H,25,30). The normalized spacial score (nSPS) is 18.2. The Morgan fingerprint density at radius 1 is 1.32 bits per heavy atom. The summed E-state index contributed by atoms with van der Waals surface area (Å²) >= 11 is 0. The van der Waals surface area contributed by atoms with Gasteiger partial charge < -0.3 is 10.6 Å². The Kier molecular flexibility index (Phi) is 5.19. The largest absolute Gasteiger partial charge is 0.380 e. The Labute approximate surface area is 176 Å². The molecular formula is C20H23F2N7O2. The van der Waals surface area contributed by atoms with Crippen molar-refractivity contribution in [3.63, 3.8) is 0 Å². The lowest BCUT2D eigenvalue weighted by atomic mass is 10.1. The summed E-state index contributed by atoms with van der Waals surface area (Å²) in [6.45, 7) is 5.15. The fraction of sp³-hybridized carbons (Fsp3) is 0.450. The van der Waals surface area contributed by atoms with Gasteiger partial charge in [-0.25, -0.2) is 13.5 Å². The van der Waals surface area contributed by atoms with Crippen LogP contribution in [0.3, 0.4) is 0 Å². The Hall–Kier alpha value is -3.37. The lowest BCUT2D eigenvalue weighted by Crippen LogP contribution is -2.32. The molecule has 2 N–H and O–H groups in total. The second-order valence-corrected chi connectivity index (χ2v) is 8.16. The van der Waals surface area contributed by atoms with Gasteiger partial charge in [-0.3, -0.25) is 14.0 Å². The molecule has 9 nitrogen and oxygen atoms in total. The molecular weight excluding hydrogens is 408 g/mol. The number of amides is 1.